The van der Waals surface area contributed by atoms with E-state index in [4.69, 9.17) is 4.74 Å². The van der Waals surface area contributed by atoms with Crippen molar-refractivity contribution < 1.29 is 14.3 Å². The molecule has 33 heavy (non-hydrogen) atoms. The number of ether oxygens (including phenoxy) is 1. The van der Waals surface area contributed by atoms with Crippen molar-refractivity contribution >= 4 is 12.0 Å². The van der Waals surface area contributed by atoms with Crippen molar-refractivity contribution in [1.82, 2.24) is 19.6 Å². The maximum Gasteiger partial charge on any atom is 0.410 e. The minimum atomic E-state index is -0.486. The number of benzene rings is 1. The molecule has 2 saturated heterocycles. The quantitative estimate of drug-likeness (QED) is 0.655. The first-order valence-electron chi connectivity index (χ1n) is 12.3. The van der Waals surface area contributed by atoms with E-state index in [2.05, 4.69) is 41.0 Å². The van der Waals surface area contributed by atoms with Crippen molar-refractivity contribution in [2.75, 3.05) is 59.4 Å². The lowest BCUT2D eigenvalue weighted by Gasteiger charge is -2.38. The lowest BCUT2D eigenvalue weighted by Crippen LogP contribution is -2.52. The summed E-state index contributed by atoms with van der Waals surface area (Å²) in [5.41, 5.74) is 2.21. The Morgan fingerprint density at radius 2 is 1.76 bits per heavy atom. The van der Waals surface area contributed by atoms with E-state index >= 15 is 0 Å². The first-order chi connectivity index (χ1) is 15.6. The summed E-state index contributed by atoms with van der Waals surface area (Å²) in [5, 5.41) is 0. The summed E-state index contributed by atoms with van der Waals surface area (Å²) in [5.74, 6) is 0.599. The number of likely N-dealkylation sites (tertiary alicyclic amines) is 1. The van der Waals surface area contributed by atoms with Crippen LogP contribution in [0.25, 0.3) is 0 Å². The van der Waals surface area contributed by atoms with Crippen LogP contribution in [0, 0.1) is 12.8 Å². The van der Waals surface area contributed by atoms with Crippen LogP contribution in [0.5, 0.6) is 0 Å². The maximum absolute atomic E-state index is 13.0. The Morgan fingerprint density at radius 1 is 1.06 bits per heavy atom. The van der Waals surface area contributed by atoms with Gasteiger partial charge in [-0.25, -0.2) is 4.79 Å². The largest absolute Gasteiger partial charge is 0.444 e. The second-order valence-electron chi connectivity index (χ2n) is 10.7. The fourth-order valence-electron chi connectivity index (χ4n) is 4.72. The Balaban J connectivity index is 1.41. The van der Waals surface area contributed by atoms with Gasteiger partial charge in [-0.3, -0.25) is 14.6 Å². The van der Waals surface area contributed by atoms with E-state index in [0.29, 0.717) is 19.0 Å². The minimum absolute atomic E-state index is 0.228. The summed E-state index contributed by atoms with van der Waals surface area (Å²) >= 11 is 0. The normalized spacial score (nSPS) is 20.5. The molecule has 0 aromatic heterocycles. The summed E-state index contributed by atoms with van der Waals surface area (Å²) in [4.78, 5) is 33.6. The molecule has 1 aromatic rings. The van der Waals surface area contributed by atoms with Gasteiger partial charge in [-0.1, -0.05) is 24.3 Å². The standard InChI is InChI=1S/C26H42N4O3/c1-21-9-6-7-11-23(21)19-28-13-15-30(16-14-28)24(31)20-29-12-8-10-22(18-29)17-27(5)25(32)33-26(2,3)4/h6-7,9,11,22H,8,10,12-20H2,1-5H3. The van der Waals surface area contributed by atoms with Crippen LogP contribution >= 0.6 is 0 Å². The Labute approximate surface area is 199 Å². The first-order valence-corrected chi connectivity index (χ1v) is 12.3. The number of carbonyl (C=O) groups is 2. The highest BCUT2D eigenvalue weighted by Gasteiger charge is 2.28. The molecule has 2 aliphatic rings. The number of piperazine rings is 1. The molecule has 0 radical (unpaired) electrons. The third-order valence-electron chi connectivity index (χ3n) is 6.58. The number of nitrogens with zero attached hydrogens (tertiary/aromatic N) is 4. The van der Waals surface area contributed by atoms with Gasteiger partial charge in [0.05, 0.1) is 6.54 Å². The smallest absolute Gasteiger partial charge is 0.410 e. The fourth-order valence-corrected chi connectivity index (χ4v) is 4.72. The third-order valence-corrected chi connectivity index (χ3v) is 6.58. The molecule has 2 aliphatic heterocycles. The lowest BCUT2D eigenvalue weighted by atomic mass is 9.97. The molecule has 0 aliphatic carbocycles. The molecule has 0 N–H and O–H groups in total. The Kier molecular flexibility index (Phi) is 8.76. The third kappa shape index (κ3) is 8.00. The molecular weight excluding hydrogens is 416 g/mol. The van der Waals surface area contributed by atoms with Crippen LogP contribution in [0.15, 0.2) is 24.3 Å². The fraction of sp³-hybridized carbons (Fsp3) is 0.692. The van der Waals surface area contributed by atoms with Crippen LogP contribution < -0.4 is 0 Å². The number of hydrogen-bond acceptors (Lipinski definition) is 5. The van der Waals surface area contributed by atoms with Crippen LogP contribution in [0.1, 0.15) is 44.7 Å². The number of rotatable bonds is 6. The van der Waals surface area contributed by atoms with Crippen molar-refractivity contribution in [3.8, 4) is 0 Å². The molecular formula is C26H42N4O3. The Morgan fingerprint density at radius 3 is 2.42 bits per heavy atom. The summed E-state index contributed by atoms with van der Waals surface area (Å²) < 4.78 is 5.47. The van der Waals surface area contributed by atoms with Gasteiger partial charge in [-0.05, 0) is 64.1 Å². The highest BCUT2D eigenvalue weighted by molar-refractivity contribution is 5.78. The van der Waals surface area contributed by atoms with E-state index in [1.54, 1.807) is 11.9 Å². The highest BCUT2D eigenvalue weighted by atomic mass is 16.6. The van der Waals surface area contributed by atoms with Gasteiger partial charge in [-0.2, -0.15) is 0 Å². The van der Waals surface area contributed by atoms with Gasteiger partial charge in [0.15, 0.2) is 0 Å². The molecule has 7 heteroatoms. The predicted octanol–water partition coefficient (Wildman–Crippen LogP) is 3.22. The van der Waals surface area contributed by atoms with Crippen LogP contribution in [-0.2, 0) is 16.1 Å². The monoisotopic (exact) mass is 458 g/mol. The zero-order chi connectivity index (χ0) is 24.0. The van der Waals surface area contributed by atoms with E-state index in [-0.39, 0.29) is 12.0 Å². The van der Waals surface area contributed by atoms with Crippen molar-refractivity contribution in [3.63, 3.8) is 0 Å². The van der Waals surface area contributed by atoms with Gasteiger partial charge < -0.3 is 14.5 Å². The van der Waals surface area contributed by atoms with Gasteiger partial charge in [0.25, 0.3) is 0 Å². The average Bonchev–Trinajstić information content (AvgIpc) is 2.75. The maximum atomic E-state index is 13.0. The van der Waals surface area contributed by atoms with Crippen LogP contribution in [0.2, 0.25) is 0 Å². The lowest BCUT2D eigenvalue weighted by molar-refractivity contribution is -0.134. The molecule has 184 valence electrons. The molecule has 1 unspecified atom stereocenters. The number of aryl methyl sites for hydroxylation is 1. The van der Waals surface area contributed by atoms with Crippen molar-refractivity contribution in [2.24, 2.45) is 5.92 Å². The molecule has 0 bridgehead atoms. The predicted molar refractivity (Wildman–Crippen MR) is 131 cm³/mol. The molecule has 1 aromatic carbocycles. The SMILES string of the molecule is Cc1ccccc1CN1CCN(C(=O)CN2CCCC(CN(C)C(=O)OC(C)(C)C)C2)CC1. The number of hydrogen-bond donors (Lipinski definition) is 0. The summed E-state index contributed by atoms with van der Waals surface area (Å²) in [6, 6.07) is 8.53. The zero-order valence-electron chi connectivity index (χ0n) is 21.2. The first kappa shape index (κ1) is 25.5. The second kappa shape index (κ2) is 11.3. The van der Waals surface area contributed by atoms with Crippen molar-refractivity contribution in [1.29, 1.82) is 0 Å². The van der Waals surface area contributed by atoms with Crippen molar-refractivity contribution in [3.05, 3.63) is 35.4 Å². The molecule has 2 amide bonds. The average molecular weight is 459 g/mol. The van der Waals surface area contributed by atoms with Gasteiger partial charge in [-0.15, -0.1) is 0 Å². The van der Waals surface area contributed by atoms with Gasteiger partial charge in [0, 0.05) is 52.9 Å². The van der Waals surface area contributed by atoms with Crippen molar-refractivity contribution in [2.45, 2.75) is 52.7 Å². The van der Waals surface area contributed by atoms with E-state index < -0.39 is 5.60 Å². The van der Waals surface area contributed by atoms with Gasteiger partial charge >= 0.3 is 6.09 Å². The van der Waals surface area contributed by atoms with Crippen LogP contribution in [-0.4, -0.2) is 96.6 Å². The van der Waals surface area contributed by atoms with E-state index in [0.717, 1.165) is 58.7 Å². The zero-order valence-corrected chi connectivity index (χ0v) is 21.2. The van der Waals surface area contributed by atoms with Crippen LogP contribution in [0.3, 0.4) is 0 Å². The molecule has 2 heterocycles. The summed E-state index contributed by atoms with van der Waals surface area (Å²) in [7, 11) is 1.80. The molecule has 1 atom stereocenters. The number of piperidine rings is 1. The molecule has 3 rings (SSSR count). The minimum Gasteiger partial charge on any atom is -0.444 e. The molecule has 2 fully saturated rings. The van der Waals surface area contributed by atoms with E-state index in [1.807, 2.05) is 25.7 Å². The topological polar surface area (TPSA) is 56.3 Å². The van der Waals surface area contributed by atoms with Gasteiger partial charge in [0.1, 0.15) is 5.60 Å². The number of amides is 2. The Bertz CT molecular complexity index is 799. The molecule has 0 saturated carbocycles. The van der Waals surface area contributed by atoms with E-state index in [1.165, 1.54) is 11.1 Å². The second-order valence-corrected chi connectivity index (χ2v) is 10.7. The molecule has 0 spiro atoms. The van der Waals surface area contributed by atoms with Gasteiger partial charge in [0.2, 0.25) is 5.91 Å². The Hall–Kier alpha value is -2.12. The number of carbonyl (C=O) groups excluding carboxylic acids is 2. The summed E-state index contributed by atoms with van der Waals surface area (Å²) in [6.07, 6.45) is 1.86. The van der Waals surface area contributed by atoms with E-state index in [9.17, 15) is 9.59 Å². The highest BCUT2D eigenvalue weighted by Crippen LogP contribution is 2.19. The summed E-state index contributed by atoms with van der Waals surface area (Å²) in [6.45, 7) is 15.1. The van der Waals surface area contributed by atoms with Crippen LogP contribution in [0.4, 0.5) is 4.79 Å². The molecule has 7 nitrogen and oxygen atoms in total.